The third kappa shape index (κ3) is 5.52. The number of rotatable bonds is 7. The topological polar surface area (TPSA) is 84.4 Å². The van der Waals surface area contributed by atoms with Gasteiger partial charge in [-0.3, -0.25) is 9.59 Å². The molecule has 0 radical (unpaired) electrons. The molecule has 0 aliphatic carbocycles. The second-order valence-electron chi connectivity index (χ2n) is 7.06. The van der Waals surface area contributed by atoms with Crippen LogP contribution >= 0.6 is 0 Å². The minimum absolute atomic E-state index is 0.0120. The summed E-state index contributed by atoms with van der Waals surface area (Å²) in [6.45, 7) is 1.92. The van der Waals surface area contributed by atoms with Gasteiger partial charge in [-0.1, -0.05) is 12.1 Å². The SMILES string of the molecule is COc1cccc(CNC(=O)CCC2CCCN(C(=O)c3ccnnc3)C2)c1. The van der Waals surface area contributed by atoms with Crippen LogP contribution in [0.2, 0.25) is 0 Å². The van der Waals surface area contributed by atoms with Crippen molar-refractivity contribution in [2.75, 3.05) is 20.2 Å². The van der Waals surface area contributed by atoms with Crippen molar-refractivity contribution >= 4 is 11.8 Å². The molecule has 0 spiro atoms. The normalized spacial score (nSPS) is 16.5. The van der Waals surface area contributed by atoms with Crippen LogP contribution in [0.1, 0.15) is 41.6 Å². The number of piperidine rings is 1. The number of hydrogen-bond acceptors (Lipinski definition) is 5. The van der Waals surface area contributed by atoms with E-state index >= 15 is 0 Å². The van der Waals surface area contributed by atoms with Crippen LogP contribution in [0, 0.1) is 5.92 Å². The molecule has 1 N–H and O–H groups in total. The van der Waals surface area contributed by atoms with Crippen molar-refractivity contribution in [2.24, 2.45) is 5.92 Å². The van der Waals surface area contributed by atoms with Crippen molar-refractivity contribution in [2.45, 2.75) is 32.2 Å². The van der Waals surface area contributed by atoms with Gasteiger partial charge in [0.1, 0.15) is 5.75 Å². The molecule has 3 rings (SSSR count). The van der Waals surface area contributed by atoms with E-state index in [1.165, 1.54) is 12.4 Å². The second kappa shape index (κ2) is 9.82. The maximum Gasteiger partial charge on any atom is 0.255 e. The molecule has 1 atom stereocenters. The fraction of sp³-hybridized carbons (Fsp3) is 0.429. The van der Waals surface area contributed by atoms with Crippen molar-refractivity contribution in [1.29, 1.82) is 0 Å². The average Bonchev–Trinajstić information content (AvgIpc) is 2.76. The Morgan fingerprint density at radius 1 is 1.29 bits per heavy atom. The highest BCUT2D eigenvalue weighted by Gasteiger charge is 2.25. The summed E-state index contributed by atoms with van der Waals surface area (Å²) in [5.74, 6) is 1.14. The zero-order valence-electron chi connectivity index (χ0n) is 16.1. The summed E-state index contributed by atoms with van der Waals surface area (Å²) in [6.07, 6.45) is 6.27. The number of nitrogens with one attached hydrogen (secondary N) is 1. The first-order chi connectivity index (χ1) is 13.7. The van der Waals surface area contributed by atoms with Crippen LogP contribution in [-0.2, 0) is 11.3 Å². The van der Waals surface area contributed by atoms with E-state index in [9.17, 15) is 9.59 Å². The van der Waals surface area contributed by atoms with Crippen LogP contribution in [0.4, 0.5) is 0 Å². The zero-order chi connectivity index (χ0) is 19.8. The Morgan fingerprint density at radius 2 is 2.18 bits per heavy atom. The first-order valence-corrected chi connectivity index (χ1v) is 9.61. The van der Waals surface area contributed by atoms with Gasteiger partial charge < -0.3 is 15.0 Å². The lowest BCUT2D eigenvalue weighted by Crippen LogP contribution is -2.40. The van der Waals surface area contributed by atoms with Gasteiger partial charge in [0, 0.05) is 26.1 Å². The molecule has 2 heterocycles. The third-order valence-electron chi connectivity index (χ3n) is 5.04. The second-order valence-corrected chi connectivity index (χ2v) is 7.06. The molecule has 1 aromatic carbocycles. The van der Waals surface area contributed by atoms with Crippen molar-refractivity contribution in [3.8, 4) is 5.75 Å². The van der Waals surface area contributed by atoms with Gasteiger partial charge in [-0.05, 0) is 48.9 Å². The predicted molar refractivity (Wildman–Crippen MR) is 105 cm³/mol. The summed E-state index contributed by atoms with van der Waals surface area (Å²) in [5, 5.41) is 10.5. The van der Waals surface area contributed by atoms with E-state index < -0.39 is 0 Å². The number of nitrogens with zero attached hydrogens (tertiary/aromatic N) is 3. The quantitative estimate of drug-likeness (QED) is 0.795. The highest BCUT2D eigenvalue weighted by Crippen LogP contribution is 2.22. The van der Waals surface area contributed by atoms with Crippen LogP contribution in [-0.4, -0.2) is 47.1 Å². The Labute approximate surface area is 165 Å². The monoisotopic (exact) mass is 382 g/mol. The number of likely N-dealkylation sites (tertiary alicyclic amines) is 1. The lowest BCUT2D eigenvalue weighted by molar-refractivity contribution is -0.121. The van der Waals surface area contributed by atoms with E-state index in [1.807, 2.05) is 29.2 Å². The standard InChI is InChI=1S/C21H26N4O3/c1-28-19-6-2-4-17(12-19)13-22-20(26)8-7-16-5-3-11-25(15-16)21(27)18-9-10-23-24-14-18/h2,4,6,9-10,12,14,16H,3,5,7-8,11,13,15H2,1H3,(H,22,26). The maximum atomic E-state index is 12.6. The van der Waals surface area contributed by atoms with Crippen LogP contribution in [0.5, 0.6) is 5.75 Å². The number of carbonyl (C=O) groups excluding carboxylic acids is 2. The van der Waals surface area contributed by atoms with E-state index in [0.717, 1.165) is 37.1 Å². The fourth-order valence-corrected chi connectivity index (χ4v) is 3.49. The Hall–Kier alpha value is -2.96. The highest BCUT2D eigenvalue weighted by molar-refractivity contribution is 5.93. The minimum atomic E-state index is -0.0120. The van der Waals surface area contributed by atoms with E-state index in [1.54, 1.807) is 13.2 Å². The molecule has 7 heteroatoms. The van der Waals surface area contributed by atoms with Crippen LogP contribution < -0.4 is 10.1 Å². The number of amides is 2. The number of ether oxygens (including phenoxy) is 1. The molecule has 0 bridgehead atoms. The third-order valence-corrected chi connectivity index (χ3v) is 5.04. The molecule has 7 nitrogen and oxygen atoms in total. The first-order valence-electron chi connectivity index (χ1n) is 9.61. The Kier molecular flexibility index (Phi) is 6.94. The van der Waals surface area contributed by atoms with E-state index in [-0.39, 0.29) is 11.8 Å². The summed E-state index contributed by atoms with van der Waals surface area (Å²) >= 11 is 0. The molecule has 1 aromatic heterocycles. The molecule has 1 unspecified atom stereocenters. The summed E-state index contributed by atoms with van der Waals surface area (Å²) in [6, 6.07) is 9.35. The van der Waals surface area contributed by atoms with Gasteiger partial charge in [0.05, 0.1) is 25.1 Å². The van der Waals surface area contributed by atoms with Gasteiger partial charge in [0.25, 0.3) is 5.91 Å². The summed E-state index contributed by atoms with van der Waals surface area (Å²) in [5.41, 5.74) is 1.57. The summed E-state index contributed by atoms with van der Waals surface area (Å²) in [7, 11) is 1.63. The van der Waals surface area contributed by atoms with Gasteiger partial charge in [-0.15, -0.1) is 0 Å². The largest absolute Gasteiger partial charge is 0.497 e. The van der Waals surface area contributed by atoms with Crippen LogP contribution in [0.25, 0.3) is 0 Å². The number of carbonyl (C=O) groups is 2. The van der Waals surface area contributed by atoms with Gasteiger partial charge >= 0.3 is 0 Å². The maximum absolute atomic E-state index is 12.6. The van der Waals surface area contributed by atoms with Gasteiger partial charge in [-0.25, -0.2) is 0 Å². The molecule has 1 fully saturated rings. The molecule has 1 aliphatic rings. The number of benzene rings is 1. The Bertz CT molecular complexity index is 797. The molecule has 2 aromatic rings. The molecule has 28 heavy (non-hydrogen) atoms. The molecule has 148 valence electrons. The number of hydrogen-bond donors (Lipinski definition) is 1. The average molecular weight is 382 g/mol. The van der Waals surface area contributed by atoms with Gasteiger partial charge in [0.15, 0.2) is 0 Å². The molecule has 2 amide bonds. The minimum Gasteiger partial charge on any atom is -0.497 e. The number of methoxy groups -OCH3 is 1. The van der Waals surface area contributed by atoms with Crippen molar-refractivity contribution in [1.82, 2.24) is 20.4 Å². The molecular formula is C21H26N4O3. The molecule has 0 saturated carbocycles. The summed E-state index contributed by atoms with van der Waals surface area (Å²) in [4.78, 5) is 26.6. The van der Waals surface area contributed by atoms with E-state index in [2.05, 4.69) is 15.5 Å². The molecular weight excluding hydrogens is 356 g/mol. The molecule has 1 saturated heterocycles. The zero-order valence-corrected chi connectivity index (χ0v) is 16.1. The fourth-order valence-electron chi connectivity index (χ4n) is 3.49. The van der Waals surface area contributed by atoms with Crippen molar-refractivity contribution < 1.29 is 14.3 Å². The number of aromatic nitrogens is 2. The van der Waals surface area contributed by atoms with Crippen LogP contribution in [0.15, 0.2) is 42.7 Å². The lowest BCUT2D eigenvalue weighted by atomic mass is 9.93. The van der Waals surface area contributed by atoms with Gasteiger partial charge in [0.2, 0.25) is 5.91 Å². The summed E-state index contributed by atoms with van der Waals surface area (Å²) < 4.78 is 5.20. The predicted octanol–water partition coefficient (Wildman–Crippen LogP) is 2.43. The Morgan fingerprint density at radius 3 is 2.96 bits per heavy atom. The molecule has 1 aliphatic heterocycles. The first kappa shape index (κ1) is 19.8. The van der Waals surface area contributed by atoms with Crippen molar-refractivity contribution in [3.63, 3.8) is 0 Å². The van der Waals surface area contributed by atoms with Gasteiger partial charge in [-0.2, -0.15) is 10.2 Å². The smallest absolute Gasteiger partial charge is 0.255 e. The van der Waals surface area contributed by atoms with Crippen molar-refractivity contribution in [3.05, 3.63) is 53.9 Å². The lowest BCUT2D eigenvalue weighted by Gasteiger charge is -2.32. The van der Waals surface area contributed by atoms with Crippen LogP contribution in [0.3, 0.4) is 0 Å². The van der Waals surface area contributed by atoms with E-state index in [4.69, 9.17) is 4.74 Å². The Balaban J connectivity index is 1.43. The van der Waals surface area contributed by atoms with E-state index in [0.29, 0.717) is 31.0 Å². The highest BCUT2D eigenvalue weighted by atomic mass is 16.5.